The van der Waals surface area contributed by atoms with Crippen molar-refractivity contribution in [1.82, 2.24) is 14.8 Å². The van der Waals surface area contributed by atoms with E-state index in [1.54, 1.807) is 10.9 Å². The van der Waals surface area contributed by atoms with E-state index < -0.39 is 43.1 Å². The van der Waals surface area contributed by atoms with E-state index >= 15 is 8.78 Å². The van der Waals surface area contributed by atoms with Gasteiger partial charge >= 0.3 is 0 Å². The number of hydrogen-bond donors (Lipinski definition) is 3. The Morgan fingerprint density at radius 2 is 1.77 bits per heavy atom. The molecule has 0 amide bonds. The van der Waals surface area contributed by atoms with Crippen LogP contribution in [0.3, 0.4) is 0 Å². The molecule has 13 heteroatoms. The second-order valence-electron chi connectivity index (χ2n) is 10.3. The molecule has 0 saturated heterocycles. The lowest BCUT2D eigenvalue weighted by Crippen LogP contribution is -2.26. The van der Waals surface area contributed by atoms with Crippen LogP contribution in [0.25, 0.3) is 22.2 Å². The van der Waals surface area contributed by atoms with E-state index in [4.69, 9.17) is 23.1 Å². The Bertz CT molecular complexity index is 1720. The van der Waals surface area contributed by atoms with Crippen molar-refractivity contribution >= 4 is 44.0 Å². The fourth-order valence-corrected chi connectivity index (χ4v) is 6.80. The first kappa shape index (κ1) is 28.2. The van der Waals surface area contributed by atoms with E-state index in [1.165, 1.54) is 0 Å². The SMILES string of the molecule is CC(C)n1nc(-c2cc(F)c(NS(=O)(=O)c3ccc(F)cc3Cl)cc2F)c2c(N)ncc(C3CCC(N)CC3)c21. The summed E-state index contributed by atoms with van der Waals surface area (Å²) in [6.07, 6.45) is 5.16. The van der Waals surface area contributed by atoms with E-state index in [-0.39, 0.29) is 35.1 Å². The maximum Gasteiger partial charge on any atom is 0.263 e. The molecule has 1 aliphatic rings. The van der Waals surface area contributed by atoms with Crippen LogP contribution < -0.4 is 16.2 Å². The van der Waals surface area contributed by atoms with Crippen LogP contribution in [0.2, 0.25) is 5.02 Å². The van der Waals surface area contributed by atoms with Gasteiger partial charge in [-0.2, -0.15) is 5.10 Å². The molecule has 1 aliphatic carbocycles. The molecule has 40 heavy (non-hydrogen) atoms. The molecule has 212 valence electrons. The minimum absolute atomic E-state index is 0.0930. The van der Waals surface area contributed by atoms with Gasteiger partial charge in [0.25, 0.3) is 10.0 Å². The quantitative estimate of drug-likeness (QED) is 0.247. The van der Waals surface area contributed by atoms with Gasteiger partial charge in [-0.15, -0.1) is 0 Å². The highest BCUT2D eigenvalue weighted by molar-refractivity contribution is 7.92. The first-order chi connectivity index (χ1) is 18.9. The topological polar surface area (TPSA) is 129 Å². The van der Waals surface area contributed by atoms with Crippen LogP contribution in [0.4, 0.5) is 24.7 Å². The van der Waals surface area contributed by atoms with Gasteiger partial charge in [0.15, 0.2) is 0 Å². The van der Waals surface area contributed by atoms with Crippen molar-refractivity contribution in [2.75, 3.05) is 10.5 Å². The third-order valence-electron chi connectivity index (χ3n) is 7.22. The van der Waals surface area contributed by atoms with Crippen molar-refractivity contribution < 1.29 is 21.6 Å². The summed E-state index contributed by atoms with van der Waals surface area (Å²) in [7, 11) is -4.46. The lowest BCUT2D eigenvalue weighted by atomic mass is 9.82. The molecule has 1 saturated carbocycles. The standard InChI is InChI=1S/C27H28ClF3N6O2S/c1-13(2)37-26-18(14-3-6-16(32)7-4-14)12-34-27(33)24(26)25(35-37)17-10-21(31)22(11-20(17)30)36-40(38,39)23-8-5-15(29)9-19(23)28/h5,8-14,16,36H,3-4,6-7,32H2,1-2H3,(H2,33,34). The third kappa shape index (κ3) is 5.11. The number of hydrogen-bond acceptors (Lipinski definition) is 6. The van der Waals surface area contributed by atoms with Gasteiger partial charge in [0, 0.05) is 29.9 Å². The summed E-state index contributed by atoms with van der Waals surface area (Å²) in [5.41, 5.74) is 13.2. The first-order valence-electron chi connectivity index (χ1n) is 12.8. The van der Waals surface area contributed by atoms with E-state index in [1.807, 2.05) is 18.6 Å². The summed E-state index contributed by atoms with van der Waals surface area (Å²) in [6, 6.07) is 4.22. The zero-order chi connectivity index (χ0) is 28.9. The summed E-state index contributed by atoms with van der Waals surface area (Å²) in [6.45, 7) is 3.84. The summed E-state index contributed by atoms with van der Waals surface area (Å²) < 4.78 is 73.6. The summed E-state index contributed by atoms with van der Waals surface area (Å²) in [4.78, 5) is 3.88. The van der Waals surface area contributed by atoms with Crippen molar-refractivity contribution in [3.63, 3.8) is 0 Å². The maximum atomic E-state index is 15.6. The molecule has 2 aromatic carbocycles. The van der Waals surface area contributed by atoms with Gasteiger partial charge < -0.3 is 11.5 Å². The molecule has 0 spiro atoms. The van der Waals surface area contributed by atoms with Crippen LogP contribution in [0, 0.1) is 17.5 Å². The maximum absolute atomic E-state index is 15.6. The number of aromatic nitrogens is 3. The molecule has 1 fully saturated rings. The molecule has 0 unspecified atom stereocenters. The molecule has 5 N–H and O–H groups in total. The van der Waals surface area contributed by atoms with E-state index in [9.17, 15) is 12.8 Å². The Morgan fingerprint density at radius 3 is 2.42 bits per heavy atom. The molecule has 0 bridgehead atoms. The number of nitrogen functional groups attached to an aromatic ring is 1. The van der Waals surface area contributed by atoms with E-state index in [2.05, 4.69) is 10.1 Å². The molecular weight excluding hydrogens is 565 g/mol. The lowest BCUT2D eigenvalue weighted by Gasteiger charge is -2.27. The Balaban J connectivity index is 1.61. The number of sulfonamides is 1. The van der Waals surface area contributed by atoms with Gasteiger partial charge in [-0.25, -0.2) is 26.6 Å². The number of anilines is 2. The van der Waals surface area contributed by atoms with Crippen LogP contribution in [0.1, 0.15) is 57.1 Å². The van der Waals surface area contributed by atoms with Crippen LogP contribution in [-0.4, -0.2) is 29.2 Å². The molecule has 5 rings (SSSR count). The molecule has 8 nitrogen and oxygen atoms in total. The molecule has 2 aromatic heterocycles. The number of fused-ring (bicyclic) bond motifs is 1. The van der Waals surface area contributed by atoms with E-state index in [0.29, 0.717) is 10.9 Å². The Labute approximate surface area is 234 Å². The Hall–Kier alpha value is -3.35. The molecule has 4 aromatic rings. The average molecular weight is 593 g/mol. The highest BCUT2D eigenvalue weighted by Crippen LogP contribution is 2.42. The Morgan fingerprint density at radius 1 is 1.07 bits per heavy atom. The van der Waals surface area contributed by atoms with Crippen LogP contribution in [0.15, 0.2) is 41.4 Å². The summed E-state index contributed by atoms with van der Waals surface area (Å²) >= 11 is 5.87. The molecule has 2 heterocycles. The van der Waals surface area contributed by atoms with Gasteiger partial charge in [-0.3, -0.25) is 9.40 Å². The second kappa shape index (κ2) is 10.6. The second-order valence-corrected chi connectivity index (χ2v) is 12.4. The van der Waals surface area contributed by atoms with Crippen molar-refractivity contribution in [1.29, 1.82) is 0 Å². The number of benzene rings is 2. The highest BCUT2D eigenvalue weighted by Gasteiger charge is 2.29. The third-order valence-corrected chi connectivity index (χ3v) is 9.07. The van der Waals surface area contributed by atoms with Crippen molar-refractivity contribution in [3.8, 4) is 11.3 Å². The minimum atomic E-state index is -4.46. The molecular formula is C27H28ClF3N6O2S. The zero-order valence-corrected chi connectivity index (χ0v) is 23.3. The summed E-state index contributed by atoms with van der Waals surface area (Å²) in [5, 5.41) is 4.62. The van der Waals surface area contributed by atoms with Crippen molar-refractivity contribution in [2.45, 2.75) is 62.4 Å². The molecule has 0 radical (unpaired) electrons. The van der Waals surface area contributed by atoms with Gasteiger partial charge in [0.05, 0.1) is 21.6 Å². The smallest absolute Gasteiger partial charge is 0.263 e. The normalized spacial score (nSPS) is 18.0. The number of nitrogens with two attached hydrogens (primary N) is 2. The van der Waals surface area contributed by atoms with Crippen LogP contribution in [-0.2, 0) is 10.0 Å². The van der Waals surface area contributed by atoms with Gasteiger partial charge in [0.1, 0.15) is 33.9 Å². The number of nitrogens with one attached hydrogen (secondary N) is 1. The predicted octanol–water partition coefficient (Wildman–Crippen LogP) is 6.12. The van der Waals surface area contributed by atoms with Gasteiger partial charge in [-0.05, 0) is 75.3 Å². The van der Waals surface area contributed by atoms with Crippen molar-refractivity contribution in [2.24, 2.45) is 5.73 Å². The zero-order valence-electron chi connectivity index (χ0n) is 21.8. The summed E-state index contributed by atoms with van der Waals surface area (Å²) in [5.74, 6) is -2.47. The van der Waals surface area contributed by atoms with Crippen LogP contribution in [0.5, 0.6) is 0 Å². The average Bonchev–Trinajstić information content (AvgIpc) is 3.28. The fourth-order valence-electron chi connectivity index (χ4n) is 5.21. The number of nitrogens with zero attached hydrogens (tertiary/aromatic N) is 3. The number of rotatable bonds is 6. The largest absolute Gasteiger partial charge is 0.383 e. The van der Waals surface area contributed by atoms with Gasteiger partial charge in [-0.1, -0.05) is 11.6 Å². The van der Waals surface area contributed by atoms with Gasteiger partial charge in [0.2, 0.25) is 0 Å². The first-order valence-corrected chi connectivity index (χ1v) is 14.6. The number of halogens is 4. The Kier molecular flexibility index (Phi) is 7.45. The van der Waals surface area contributed by atoms with Crippen molar-refractivity contribution in [3.05, 3.63) is 64.6 Å². The molecule has 0 atom stereocenters. The lowest BCUT2D eigenvalue weighted by molar-refractivity contribution is 0.395. The highest BCUT2D eigenvalue weighted by atomic mass is 35.5. The number of pyridine rings is 1. The fraction of sp³-hybridized carbons (Fsp3) is 0.333. The molecule has 0 aliphatic heterocycles. The van der Waals surface area contributed by atoms with E-state index in [0.717, 1.165) is 61.6 Å². The predicted molar refractivity (Wildman–Crippen MR) is 149 cm³/mol. The minimum Gasteiger partial charge on any atom is -0.383 e. The van der Waals surface area contributed by atoms with Crippen LogP contribution >= 0.6 is 11.6 Å². The monoisotopic (exact) mass is 592 g/mol.